The number of fused-ring (bicyclic) bond motifs is 2. The molecule has 2 saturated heterocycles. The summed E-state index contributed by atoms with van der Waals surface area (Å²) in [5, 5.41) is 9.53. The summed E-state index contributed by atoms with van der Waals surface area (Å²) in [6, 6.07) is 12.3. The van der Waals surface area contributed by atoms with Gasteiger partial charge in [-0.1, -0.05) is 12.1 Å². The SMILES string of the molecule is COc1cc(N)c(C=NC2CCC(CN3CCN(Cc4cccc5c4n(C)c(=O)n5C4CCC(=O)NC4=O)CC3)CC2)cc1C(=O)Nc1cnc2cccnn12. The molecule has 3 amide bonds. The number of benzene rings is 2. The van der Waals surface area contributed by atoms with E-state index < -0.39 is 11.9 Å². The van der Waals surface area contributed by atoms with Gasteiger partial charge in [-0.15, -0.1) is 0 Å². The zero-order valence-electron chi connectivity index (χ0n) is 31.7. The van der Waals surface area contributed by atoms with Gasteiger partial charge in [0.2, 0.25) is 11.8 Å². The van der Waals surface area contributed by atoms with E-state index in [1.807, 2.05) is 18.2 Å². The van der Waals surface area contributed by atoms with E-state index in [-0.39, 0.29) is 30.0 Å². The topological polar surface area (TPSA) is 186 Å². The summed E-state index contributed by atoms with van der Waals surface area (Å²) in [5.41, 5.74) is 10.8. The van der Waals surface area contributed by atoms with Gasteiger partial charge >= 0.3 is 5.69 Å². The number of aryl methyl sites for hydroxylation is 1. The number of hydrogen-bond donors (Lipinski definition) is 3. The third-order valence-corrected chi connectivity index (χ3v) is 11.5. The zero-order valence-corrected chi connectivity index (χ0v) is 31.7. The summed E-state index contributed by atoms with van der Waals surface area (Å²) >= 11 is 0. The van der Waals surface area contributed by atoms with Crippen molar-refractivity contribution >= 4 is 52.1 Å². The van der Waals surface area contributed by atoms with Crippen LogP contribution in [-0.4, -0.2) is 103 Å². The molecule has 5 aromatic rings. The van der Waals surface area contributed by atoms with Crippen LogP contribution in [-0.2, 0) is 23.2 Å². The Balaban J connectivity index is 0.836. The molecule has 16 nitrogen and oxygen atoms in total. The third-order valence-electron chi connectivity index (χ3n) is 11.5. The number of piperidine rings is 1. The molecule has 8 rings (SSSR count). The molecular formula is C40H47N11O5. The Morgan fingerprint density at radius 3 is 2.59 bits per heavy atom. The number of aromatic nitrogens is 5. The Labute approximate surface area is 323 Å². The Hall–Kier alpha value is -5.87. The lowest BCUT2D eigenvalue weighted by Crippen LogP contribution is -2.47. The van der Waals surface area contributed by atoms with Crippen molar-refractivity contribution < 1.29 is 19.1 Å². The molecule has 3 fully saturated rings. The van der Waals surface area contributed by atoms with Crippen LogP contribution in [0.15, 0.2) is 64.6 Å². The van der Waals surface area contributed by atoms with Crippen molar-refractivity contribution in [1.82, 2.24) is 38.8 Å². The normalized spacial score (nSPS) is 21.2. The smallest absolute Gasteiger partial charge is 0.329 e. The number of nitrogens with two attached hydrogens (primary N) is 1. The van der Waals surface area contributed by atoms with Gasteiger partial charge in [0, 0.05) is 88.5 Å². The first-order valence-electron chi connectivity index (χ1n) is 19.2. The van der Waals surface area contributed by atoms with Crippen molar-refractivity contribution in [3.05, 3.63) is 82.0 Å². The Morgan fingerprint density at radius 2 is 1.82 bits per heavy atom. The maximum atomic E-state index is 13.4. The van der Waals surface area contributed by atoms with Crippen LogP contribution >= 0.6 is 0 Å². The third kappa shape index (κ3) is 7.41. The minimum absolute atomic E-state index is 0.189. The molecule has 1 aliphatic carbocycles. The molecule has 2 aliphatic heterocycles. The number of nitrogen functional groups attached to an aromatic ring is 1. The van der Waals surface area contributed by atoms with E-state index in [1.165, 1.54) is 7.11 Å². The molecule has 0 spiro atoms. The molecule has 3 aliphatic rings. The zero-order chi connectivity index (χ0) is 38.9. The lowest BCUT2D eigenvalue weighted by Gasteiger charge is -2.38. The predicted molar refractivity (Wildman–Crippen MR) is 212 cm³/mol. The number of imide groups is 1. The first kappa shape index (κ1) is 37.1. The Kier molecular flexibility index (Phi) is 10.4. The fourth-order valence-corrected chi connectivity index (χ4v) is 8.44. The number of methoxy groups -OCH3 is 1. The van der Waals surface area contributed by atoms with Crippen LogP contribution in [0.25, 0.3) is 16.7 Å². The second-order valence-electron chi connectivity index (χ2n) is 15.1. The summed E-state index contributed by atoms with van der Waals surface area (Å²) in [7, 11) is 3.26. The summed E-state index contributed by atoms with van der Waals surface area (Å²) in [6.07, 6.45) is 9.69. The highest BCUT2D eigenvalue weighted by Gasteiger charge is 2.32. The number of amides is 3. The highest BCUT2D eigenvalue weighted by molar-refractivity contribution is 6.08. The predicted octanol–water partition coefficient (Wildman–Crippen LogP) is 3.00. The molecule has 5 heterocycles. The van der Waals surface area contributed by atoms with E-state index >= 15 is 0 Å². The average molecular weight is 762 g/mol. The van der Waals surface area contributed by atoms with Gasteiger partial charge in [0.05, 0.1) is 29.9 Å². The lowest BCUT2D eigenvalue weighted by atomic mass is 9.86. The number of hydrogen-bond acceptors (Lipinski definition) is 11. The highest BCUT2D eigenvalue weighted by Crippen LogP contribution is 2.30. The molecular weight excluding hydrogens is 715 g/mol. The van der Waals surface area contributed by atoms with E-state index in [9.17, 15) is 19.2 Å². The van der Waals surface area contributed by atoms with Crippen LogP contribution in [0.3, 0.4) is 0 Å². The number of para-hydroxylation sites is 1. The standard InChI is InChI=1S/C40H47N11O5/c1-47-37-26(5-3-6-31(37)50(40(47)55)32-12-13-36(52)46-39(32)54)24-49-17-15-48(16-18-49)23-25-8-10-28(11-9-25)42-21-27-19-29(33(56-2)20-30(27)41)38(53)45-35-22-43-34-7-4-14-44-51(34)35/h3-7,14,19-22,25,28,32H,8-13,15-18,23-24,41H2,1-2H3,(H,45,53)(H,46,52,54). The van der Waals surface area contributed by atoms with E-state index in [2.05, 4.69) is 36.6 Å². The number of rotatable bonds is 10. The first-order chi connectivity index (χ1) is 27.2. The summed E-state index contributed by atoms with van der Waals surface area (Å²) in [4.78, 5) is 65.3. The molecule has 3 aromatic heterocycles. The van der Waals surface area contributed by atoms with Gasteiger partial charge in [-0.3, -0.25) is 38.7 Å². The van der Waals surface area contributed by atoms with E-state index in [1.54, 1.807) is 57.5 Å². The second-order valence-corrected chi connectivity index (χ2v) is 15.1. The molecule has 16 heteroatoms. The van der Waals surface area contributed by atoms with Gasteiger partial charge in [-0.05, 0) is 67.9 Å². The number of anilines is 2. The first-order valence-corrected chi connectivity index (χ1v) is 19.2. The maximum absolute atomic E-state index is 13.4. The van der Waals surface area contributed by atoms with Crippen molar-refractivity contribution in [1.29, 1.82) is 0 Å². The Bertz CT molecular complexity index is 2380. The highest BCUT2D eigenvalue weighted by atomic mass is 16.5. The molecule has 1 atom stereocenters. The van der Waals surface area contributed by atoms with Crippen molar-refractivity contribution in [3.63, 3.8) is 0 Å². The largest absolute Gasteiger partial charge is 0.496 e. The minimum atomic E-state index is -0.695. The minimum Gasteiger partial charge on any atom is -0.496 e. The van der Waals surface area contributed by atoms with Crippen LogP contribution in [0.5, 0.6) is 5.75 Å². The number of carbonyl (C=O) groups excluding carboxylic acids is 3. The monoisotopic (exact) mass is 761 g/mol. The van der Waals surface area contributed by atoms with Crippen molar-refractivity contribution in [2.24, 2.45) is 18.0 Å². The molecule has 4 N–H and O–H groups in total. The number of imidazole rings is 2. The molecule has 1 saturated carbocycles. The number of ether oxygens (including phenoxy) is 1. The fraction of sp³-hybridized carbons (Fsp3) is 0.425. The van der Waals surface area contributed by atoms with Crippen LogP contribution in [0.1, 0.15) is 66.1 Å². The van der Waals surface area contributed by atoms with Gasteiger partial charge in [0.1, 0.15) is 11.8 Å². The number of carbonyl (C=O) groups is 3. The molecule has 292 valence electrons. The van der Waals surface area contributed by atoms with Crippen LogP contribution in [0.4, 0.5) is 11.5 Å². The van der Waals surface area contributed by atoms with E-state index in [0.717, 1.165) is 75.0 Å². The number of piperazine rings is 1. The van der Waals surface area contributed by atoms with Crippen molar-refractivity contribution in [3.8, 4) is 5.75 Å². The fourth-order valence-electron chi connectivity index (χ4n) is 8.44. The average Bonchev–Trinajstić information content (AvgIpc) is 3.72. The molecule has 56 heavy (non-hydrogen) atoms. The van der Waals surface area contributed by atoms with Crippen molar-refractivity contribution in [2.75, 3.05) is 50.9 Å². The lowest BCUT2D eigenvalue weighted by molar-refractivity contribution is -0.135. The van der Waals surface area contributed by atoms with Gasteiger partial charge in [-0.2, -0.15) is 9.61 Å². The molecule has 0 radical (unpaired) electrons. The quantitative estimate of drug-likeness (QED) is 0.109. The molecule has 0 bridgehead atoms. The van der Waals surface area contributed by atoms with Crippen LogP contribution in [0.2, 0.25) is 0 Å². The number of nitrogens with zero attached hydrogens (tertiary/aromatic N) is 8. The number of nitrogens with one attached hydrogen (secondary N) is 2. The number of aliphatic imine (C=N–C) groups is 1. The Morgan fingerprint density at radius 1 is 1.04 bits per heavy atom. The van der Waals surface area contributed by atoms with Gasteiger partial charge in [0.15, 0.2) is 11.5 Å². The van der Waals surface area contributed by atoms with Gasteiger partial charge in [0.25, 0.3) is 5.91 Å². The van der Waals surface area contributed by atoms with Crippen LogP contribution in [0, 0.1) is 5.92 Å². The summed E-state index contributed by atoms with van der Waals surface area (Å²) in [5.74, 6) is 0.337. The molecule has 2 aromatic carbocycles. The van der Waals surface area contributed by atoms with Crippen LogP contribution < -0.4 is 26.8 Å². The van der Waals surface area contributed by atoms with E-state index in [4.69, 9.17) is 15.5 Å². The summed E-state index contributed by atoms with van der Waals surface area (Å²) in [6.45, 7) is 5.59. The maximum Gasteiger partial charge on any atom is 0.329 e. The summed E-state index contributed by atoms with van der Waals surface area (Å²) < 4.78 is 10.2. The molecule has 1 unspecified atom stereocenters. The van der Waals surface area contributed by atoms with Gasteiger partial charge < -0.3 is 20.7 Å². The van der Waals surface area contributed by atoms with E-state index in [0.29, 0.717) is 52.9 Å². The second kappa shape index (κ2) is 15.7. The van der Waals surface area contributed by atoms with Gasteiger partial charge in [-0.25, -0.2) is 9.78 Å². The van der Waals surface area contributed by atoms with Crippen molar-refractivity contribution in [2.45, 2.75) is 57.2 Å².